The van der Waals surface area contributed by atoms with Crippen molar-refractivity contribution in [3.8, 4) is 5.75 Å². The summed E-state index contributed by atoms with van der Waals surface area (Å²) >= 11 is 0. The van der Waals surface area contributed by atoms with E-state index in [4.69, 9.17) is 15.3 Å². The van der Waals surface area contributed by atoms with Gasteiger partial charge in [-0.3, -0.25) is 4.79 Å². The molecule has 0 amide bonds. The van der Waals surface area contributed by atoms with Crippen molar-refractivity contribution >= 4 is 0 Å². The minimum atomic E-state index is -0.466. The van der Waals surface area contributed by atoms with Gasteiger partial charge in [-0.1, -0.05) is 0 Å². The Morgan fingerprint density at radius 3 is 2.90 bits per heavy atom. The molecule has 0 radical (unpaired) electrons. The molecule has 0 aliphatic heterocycles. The molecular formula is C6H7NO3. The first-order valence-electron chi connectivity index (χ1n) is 2.75. The standard InChI is InChI=1S/C6H7NO3/c7-3-5-6(9)4(8)1-2-10-5/h1-2,9H,3,7H2. The van der Waals surface area contributed by atoms with Crippen molar-refractivity contribution in [1.82, 2.24) is 0 Å². The number of hydrogen-bond acceptors (Lipinski definition) is 4. The van der Waals surface area contributed by atoms with Crippen LogP contribution in [-0.4, -0.2) is 5.11 Å². The maximum absolute atomic E-state index is 10.6. The van der Waals surface area contributed by atoms with Crippen LogP contribution in [-0.2, 0) is 6.54 Å². The molecule has 0 saturated heterocycles. The van der Waals surface area contributed by atoms with E-state index in [1.54, 1.807) is 0 Å². The van der Waals surface area contributed by atoms with Crippen LogP contribution in [0, 0.1) is 0 Å². The van der Waals surface area contributed by atoms with Gasteiger partial charge < -0.3 is 15.3 Å². The minimum Gasteiger partial charge on any atom is -0.502 e. The van der Waals surface area contributed by atoms with E-state index in [-0.39, 0.29) is 12.3 Å². The molecule has 0 saturated carbocycles. The Kier molecular flexibility index (Phi) is 1.73. The van der Waals surface area contributed by atoms with Crippen LogP contribution in [0.1, 0.15) is 5.76 Å². The van der Waals surface area contributed by atoms with Gasteiger partial charge in [0, 0.05) is 6.07 Å². The average molecular weight is 141 g/mol. The van der Waals surface area contributed by atoms with Crippen molar-refractivity contribution < 1.29 is 9.52 Å². The molecule has 0 aliphatic carbocycles. The van der Waals surface area contributed by atoms with E-state index in [2.05, 4.69) is 0 Å². The molecule has 1 rings (SSSR count). The molecular weight excluding hydrogens is 134 g/mol. The highest BCUT2D eigenvalue weighted by Gasteiger charge is 2.03. The fourth-order valence-corrected chi connectivity index (χ4v) is 0.595. The SMILES string of the molecule is NCc1occc(=O)c1O. The quantitative estimate of drug-likeness (QED) is 0.568. The van der Waals surface area contributed by atoms with Gasteiger partial charge in [0.25, 0.3) is 0 Å². The Labute approximate surface area is 56.9 Å². The van der Waals surface area contributed by atoms with Gasteiger partial charge in [-0.05, 0) is 0 Å². The number of aromatic hydroxyl groups is 1. The predicted octanol–water partition coefficient (Wildman–Crippen LogP) is -0.196. The Morgan fingerprint density at radius 2 is 2.40 bits per heavy atom. The lowest BCUT2D eigenvalue weighted by atomic mass is 10.3. The van der Waals surface area contributed by atoms with Gasteiger partial charge in [0.2, 0.25) is 11.2 Å². The zero-order valence-corrected chi connectivity index (χ0v) is 5.20. The summed E-state index contributed by atoms with van der Waals surface area (Å²) in [5.74, 6) is -0.280. The van der Waals surface area contributed by atoms with Crippen LogP contribution < -0.4 is 11.2 Å². The fourth-order valence-electron chi connectivity index (χ4n) is 0.595. The van der Waals surface area contributed by atoms with Crippen LogP contribution in [0.2, 0.25) is 0 Å². The molecule has 0 atom stereocenters. The average Bonchev–Trinajstić information content (AvgIpc) is 1.95. The third-order valence-electron chi connectivity index (χ3n) is 1.11. The normalized spacial score (nSPS) is 9.70. The van der Waals surface area contributed by atoms with Crippen LogP contribution in [0.5, 0.6) is 5.75 Å². The fraction of sp³-hybridized carbons (Fsp3) is 0.167. The summed E-state index contributed by atoms with van der Waals surface area (Å²) in [7, 11) is 0. The van der Waals surface area contributed by atoms with Gasteiger partial charge >= 0.3 is 0 Å². The summed E-state index contributed by atoms with van der Waals surface area (Å²) in [5.41, 5.74) is 4.66. The van der Waals surface area contributed by atoms with Crippen molar-refractivity contribution in [3.05, 3.63) is 28.3 Å². The Morgan fingerprint density at radius 1 is 1.70 bits per heavy atom. The first-order chi connectivity index (χ1) is 4.75. The molecule has 0 aromatic carbocycles. The van der Waals surface area contributed by atoms with Crippen LogP contribution in [0.4, 0.5) is 0 Å². The van der Waals surface area contributed by atoms with E-state index in [9.17, 15) is 4.79 Å². The maximum atomic E-state index is 10.6. The molecule has 3 N–H and O–H groups in total. The molecule has 4 nitrogen and oxygen atoms in total. The molecule has 0 bridgehead atoms. The molecule has 0 aliphatic rings. The second kappa shape index (κ2) is 2.53. The first-order valence-corrected chi connectivity index (χ1v) is 2.75. The minimum absolute atomic E-state index is 0.0297. The summed E-state index contributed by atoms with van der Waals surface area (Å²) < 4.78 is 4.71. The second-order valence-electron chi connectivity index (χ2n) is 1.76. The van der Waals surface area contributed by atoms with Crippen LogP contribution >= 0.6 is 0 Å². The van der Waals surface area contributed by atoms with Crippen LogP contribution in [0.15, 0.2) is 21.5 Å². The molecule has 1 aromatic heterocycles. The highest BCUT2D eigenvalue weighted by molar-refractivity contribution is 5.21. The summed E-state index contributed by atoms with van der Waals surface area (Å²) in [6.45, 7) is 0.0297. The molecule has 1 aromatic rings. The predicted molar refractivity (Wildman–Crippen MR) is 34.5 cm³/mol. The number of rotatable bonds is 1. The van der Waals surface area contributed by atoms with Gasteiger partial charge in [0.15, 0.2) is 5.76 Å². The van der Waals surface area contributed by atoms with Gasteiger partial charge in [-0.2, -0.15) is 0 Å². The van der Waals surface area contributed by atoms with E-state index in [1.165, 1.54) is 6.26 Å². The Hall–Kier alpha value is -1.29. The van der Waals surface area contributed by atoms with Gasteiger partial charge in [-0.25, -0.2) is 0 Å². The Bertz CT molecular complexity index is 279. The molecule has 0 fully saturated rings. The second-order valence-corrected chi connectivity index (χ2v) is 1.76. The summed E-state index contributed by atoms with van der Waals surface area (Å²) in [6.07, 6.45) is 1.20. The van der Waals surface area contributed by atoms with Crippen molar-refractivity contribution in [2.75, 3.05) is 0 Å². The molecule has 54 valence electrons. The lowest BCUT2D eigenvalue weighted by Crippen LogP contribution is -2.04. The topological polar surface area (TPSA) is 76.5 Å². The Balaban J connectivity index is 3.28. The third-order valence-corrected chi connectivity index (χ3v) is 1.11. The smallest absolute Gasteiger partial charge is 0.226 e. The largest absolute Gasteiger partial charge is 0.502 e. The van der Waals surface area contributed by atoms with Crippen LogP contribution in [0.3, 0.4) is 0 Å². The molecule has 0 spiro atoms. The highest BCUT2D eigenvalue weighted by Crippen LogP contribution is 2.07. The molecule has 10 heavy (non-hydrogen) atoms. The maximum Gasteiger partial charge on any atom is 0.226 e. The van der Waals surface area contributed by atoms with Gasteiger partial charge in [0.1, 0.15) is 0 Å². The number of nitrogens with two attached hydrogens (primary N) is 1. The van der Waals surface area contributed by atoms with E-state index in [0.717, 1.165) is 6.07 Å². The third kappa shape index (κ3) is 1.01. The summed E-state index contributed by atoms with van der Waals surface area (Å²) in [4.78, 5) is 10.6. The summed E-state index contributed by atoms with van der Waals surface area (Å²) in [6, 6.07) is 1.13. The number of hydrogen-bond donors (Lipinski definition) is 2. The van der Waals surface area contributed by atoms with E-state index in [1.807, 2.05) is 0 Å². The highest BCUT2D eigenvalue weighted by atomic mass is 16.4. The molecule has 4 heteroatoms. The first kappa shape index (κ1) is 6.82. The zero-order chi connectivity index (χ0) is 7.56. The van der Waals surface area contributed by atoms with Crippen LogP contribution in [0.25, 0.3) is 0 Å². The van der Waals surface area contributed by atoms with Gasteiger partial charge in [0.05, 0.1) is 12.8 Å². The van der Waals surface area contributed by atoms with Crippen molar-refractivity contribution in [2.24, 2.45) is 5.73 Å². The van der Waals surface area contributed by atoms with Gasteiger partial charge in [-0.15, -0.1) is 0 Å². The van der Waals surface area contributed by atoms with Crippen molar-refractivity contribution in [3.63, 3.8) is 0 Å². The molecule has 1 heterocycles. The van der Waals surface area contributed by atoms with E-state index < -0.39 is 11.2 Å². The lowest BCUT2D eigenvalue weighted by Gasteiger charge is -1.95. The van der Waals surface area contributed by atoms with Crippen molar-refractivity contribution in [1.29, 1.82) is 0 Å². The van der Waals surface area contributed by atoms with E-state index in [0.29, 0.717) is 0 Å². The zero-order valence-electron chi connectivity index (χ0n) is 5.20. The molecule has 0 unspecified atom stereocenters. The van der Waals surface area contributed by atoms with Crippen molar-refractivity contribution in [2.45, 2.75) is 6.54 Å². The van der Waals surface area contributed by atoms with E-state index >= 15 is 0 Å². The monoisotopic (exact) mass is 141 g/mol. The summed E-state index contributed by atoms with van der Waals surface area (Å²) in [5, 5.41) is 8.91. The lowest BCUT2D eigenvalue weighted by molar-refractivity contribution is 0.400.